The molecule has 1 saturated heterocycles. The summed E-state index contributed by atoms with van der Waals surface area (Å²) in [4.78, 5) is 17.1. The summed E-state index contributed by atoms with van der Waals surface area (Å²) >= 11 is 0. The van der Waals surface area contributed by atoms with Crippen LogP contribution in [-0.4, -0.2) is 55.4 Å². The molecule has 1 heterocycles. The minimum Gasteiger partial charge on any atom is -0.304 e. The fraction of sp³-hybridized carbons (Fsp3) is 0.562. The molecule has 3 heteroatoms. The van der Waals surface area contributed by atoms with E-state index in [0.717, 1.165) is 30.8 Å². The van der Waals surface area contributed by atoms with E-state index < -0.39 is 0 Å². The number of nitrogens with zero attached hydrogens (tertiary/aromatic N) is 2. The fourth-order valence-corrected chi connectivity index (χ4v) is 2.77. The van der Waals surface area contributed by atoms with Crippen LogP contribution in [0.4, 0.5) is 0 Å². The standard InChI is InChI=1S/C16H24N2O/c1-12-5-6-15(13(2)9-12)16(19)10-14-11-17(3)7-8-18(14)4/h5-6,9,14H,7-8,10-11H2,1-4H3. The Bertz CT molecular complexity index is 470. The van der Waals surface area contributed by atoms with E-state index in [0.29, 0.717) is 12.5 Å². The highest BCUT2D eigenvalue weighted by molar-refractivity contribution is 5.97. The summed E-state index contributed by atoms with van der Waals surface area (Å²) in [7, 11) is 4.24. The van der Waals surface area contributed by atoms with Gasteiger partial charge in [-0.15, -0.1) is 0 Å². The van der Waals surface area contributed by atoms with E-state index in [1.54, 1.807) is 0 Å². The van der Waals surface area contributed by atoms with Gasteiger partial charge in [0.15, 0.2) is 5.78 Å². The molecular weight excluding hydrogens is 236 g/mol. The number of hydrogen-bond donors (Lipinski definition) is 0. The molecule has 1 unspecified atom stereocenters. The first-order chi connectivity index (χ1) is 8.97. The Morgan fingerprint density at radius 3 is 2.68 bits per heavy atom. The van der Waals surface area contributed by atoms with E-state index >= 15 is 0 Å². The van der Waals surface area contributed by atoms with E-state index in [2.05, 4.69) is 36.9 Å². The number of ketones is 1. The molecule has 0 radical (unpaired) electrons. The predicted molar refractivity (Wildman–Crippen MR) is 78.8 cm³/mol. The number of aryl methyl sites for hydroxylation is 2. The van der Waals surface area contributed by atoms with Crippen LogP contribution in [0.25, 0.3) is 0 Å². The number of hydrogen-bond acceptors (Lipinski definition) is 3. The topological polar surface area (TPSA) is 23.6 Å². The minimum atomic E-state index is 0.268. The average molecular weight is 260 g/mol. The molecule has 1 aliphatic heterocycles. The number of likely N-dealkylation sites (N-methyl/N-ethyl adjacent to an activating group) is 2. The van der Waals surface area contributed by atoms with Crippen LogP contribution in [-0.2, 0) is 0 Å². The van der Waals surface area contributed by atoms with Gasteiger partial charge in [-0.05, 0) is 33.5 Å². The maximum Gasteiger partial charge on any atom is 0.164 e. The van der Waals surface area contributed by atoms with E-state index in [4.69, 9.17) is 0 Å². The van der Waals surface area contributed by atoms with Gasteiger partial charge in [0.25, 0.3) is 0 Å². The zero-order valence-electron chi connectivity index (χ0n) is 12.4. The Hall–Kier alpha value is -1.19. The highest BCUT2D eigenvalue weighted by Crippen LogP contribution is 2.17. The molecule has 0 bridgehead atoms. The molecular formula is C16H24N2O. The molecule has 1 aromatic rings. The van der Waals surface area contributed by atoms with E-state index in [1.165, 1.54) is 5.56 Å². The van der Waals surface area contributed by atoms with Crippen molar-refractivity contribution in [3.05, 3.63) is 34.9 Å². The molecule has 2 rings (SSSR count). The van der Waals surface area contributed by atoms with Crippen molar-refractivity contribution < 1.29 is 4.79 Å². The maximum atomic E-state index is 12.5. The van der Waals surface area contributed by atoms with Crippen LogP contribution in [0.15, 0.2) is 18.2 Å². The summed E-state index contributed by atoms with van der Waals surface area (Å²) in [6.07, 6.45) is 0.616. The van der Waals surface area contributed by atoms with E-state index in [1.807, 2.05) is 19.1 Å². The number of carbonyl (C=O) groups is 1. The van der Waals surface area contributed by atoms with Crippen LogP contribution >= 0.6 is 0 Å². The van der Waals surface area contributed by atoms with Gasteiger partial charge in [-0.25, -0.2) is 0 Å². The molecule has 0 spiro atoms. The van der Waals surface area contributed by atoms with Gasteiger partial charge in [-0.3, -0.25) is 4.79 Å². The molecule has 1 fully saturated rings. The van der Waals surface area contributed by atoms with Crippen LogP contribution in [0, 0.1) is 13.8 Å². The zero-order valence-corrected chi connectivity index (χ0v) is 12.4. The Morgan fingerprint density at radius 1 is 1.26 bits per heavy atom. The first-order valence-electron chi connectivity index (χ1n) is 6.96. The predicted octanol–water partition coefficient (Wildman–Crippen LogP) is 2.12. The van der Waals surface area contributed by atoms with Gasteiger partial charge in [-0.2, -0.15) is 0 Å². The van der Waals surface area contributed by atoms with Crippen LogP contribution < -0.4 is 0 Å². The van der Waals surface area contributed by atoms with Crippen molar-refractivity contribution in [1.82, 2.24) is 9.80 Å². The largest absolute Gasteiger partial charge is 0.304 e. The van der Waals surface area contributed by atoms with Crippen LogP contribution in [0.5, 0.6) is 0 Å². The summed E-state index contributed by atoms with van der Waals surface area (Å²) in [6, 6.07) is 6.42. The first-order valence-corrected chi connectivity index (χ1v) is 6.96. The van der Waals surface area contributed by atoms with Gasteiger partial charge in [0.05, 0.1) is 0 Å². The second-order valence-electron chi connectivity index (χ2n) is 5.84. The fourth-order valence-electron chi connectivity index (χ4n) is 2.77. The van der Waals surface area contributed by atoms with Crippen molar-refractivity contribution in [3.63, 3.8) is 0 Å². The lowest BCUT2D eigenvalue weighted by molar-refractivity contribution is 0.0809. The normalized spacial score (nSPS) is 21.6. The average Bonchev–Trinajstić information content (AvgIpc) is 2.33. The first kappa shape index (κ1) is 14.2. The Balaban J connectivity index is 2.07. The molecule has 0 aromatic heterocycles. The van der Waals surface area contributed by atoms with Crippen molar-refractivity contribution in [2.75, 3.05) is 33.7 Å². The molecule has 1 aromatic carbocycles. The Labute approximate surface area is 116 Å². The molecule has 1 atom stereocenters. The number of carbonyl (C=O) groups excluding carboxylic acids is 1. The lowest BCUT2D eigenvalue weighted by Crippen LogP contribution is -2.50. The molecule has 0 amide bonds. The highest BCUT2D eigenvalue weighted by atomic mass is 16.1. The van der Waals surface area contributed by atoms with Crippen molar-refractivity contribution in [1.29, 1.82) is 0 Å². The third-order valence-electron chi connectivity index (χ3n) is 4.08. The van der Waals surface area contributed by atoms with Gasteiger partial charge in [-0.1, -0.05) is 23.8 Å². The summed E-state index contributed by atoms with van der Waals surface area (Å²) in [5.74, 6) is 0.268. The highest BCUT2D eigenvalue weighted by Gasteiger charge is 2.25. The molecule has 0 saturated carbocycles. The van der Waals surface area contributed by atoms with Gasteiger partial charge < -0.3 is 9.80 Å². The smallest absolute Gasteiger partial charge is 0.164 e. The van der Waals surface area contributed by atoms with Crippen molar-refractivity contribution in [3.8, 4) is 0 Å². The number of piperazine rings is 1. The maximum absolute atomic E-state index is 12.5. The quantitative estimate of drug-likeness (QED) is 0.778. The van der Waals surface area contributed by atoms with E-state index in [9.17, 15) is 4.79 Å². The zero-order chi connectivity index (χ0) is 14.0. The third-order valence-corrected chi connectivity index (χ3v) is 4.08. The second kappa shape index (κ2) is 5.85. The molecule has 19 heavy (non-hydrogen) atoms. The second-order valence-corrected chi connectivity index (χ2v) is 5.84. The van der Waals surface area contributed by atoms with E-state index in [-0.39, 0.29) is 5.78 Å². The lowest BCUT2D eigenvalue weighted by atomic mass is 9.96. The van der Waals surface area contributed by atoms with Crippen LogP contribution in [0.3, 0.4) is 0 Å². The van der Waals surface area contributed by atoms with Crippen molar-refractivity contribution >= 4 is 5.78 Å². The van der Waals surface area contributed by atoms with Crippen LogP contribution in [0.1, 0.15) is 27.9 Å². The Morgan fingerprint density at radius 2 is 2.00 bits per heavy atom. The third kappa shape index (κ3) is 3.43. The van der Waals surface area contributed by atoms with Crippen LogP contribution in [0.2, 0.25) is 0 Å². The molecule has 3 nitrogen and oxygen atoms in total. The number of Topliss-reactive ketones (excluding diaryl/α,β-unsaturated/α-hetero) is 1. The summed E-state index contributed by atoms with van der Waals surface area (Å²) < 4.78 is 0. The summed E-state index contributed by atoms with van der Waals surface area (Å²) in [5.41, 5.74) is 3.19. The molecule has 0 N–H and O–H groups in total. The molecule has 104 valence electrons. The molecule has 0 aliphatic carbocycles. The Kier molecular flexibility index (Phi) is 4.38. The van der Waals surface area contributed by atoms with Crippen molar-refractivity contribution in [2.45, 2.75) is 26.3 Å². The lowest BCUT2D eigenvalue weighted by Gasteiger charge is -2.37. The summed E-state index contributed by atoms with van der Waals surface area (Å²) in [5, 5.41) is 0. The van der Waals surface area contributed by atoms with Gasteiger partial charge in [0.1, 0.15) is 0 Å². The SMILES string of the molecule is Cc1ccc(C(=O)CC2CN(C)CCN2C)c(C)c1. The number of rotatable bonds is 3. The monoisotopic (exact) mass is 260 g/mol. The van der Waals surface area contributed by atoms with Gasteiger partial charge in [0, 0.05) is 37.7 Å². The summed E-state index contributed by atoms with van der Waals surface area (Å²) in [6.45, 7) is 7.20. The van der Waals surface area contributed by atoms with Crippen molar-refractivity contribution in [2.24, 2.45) is 0 Å². The van der Waals surface area contributed by atoms with Gasteiger partial charge >= 0.3 is 0 Å². The molecule has 1 aliphatic rings. The van der Waals surface area contributed by atoms with Gasteiger partial charge in [0.2, 0.25) is 0 Å². The minimum absolute atomic E-state index is 0.268. The number of benzene rings is 1.